The first kappa shape index (κ1) is 15.1. The van der Waals surface area contributed by atoms with Gasteiger partial charge in [-0.1, -0.05) is 19.1 Å². The molecule has 0 saturated carbocycles. The van der Waals surface area contributed by atoms with Gasteiger partial charge in [-0.25, -0.2) is 19.2 Å². The summed E-state index contributed by atoms with van der Waals surface area (Å²) in [5, 5.41) is 0. The van der Waals surface area contributed by atoms with Crippen molar-refractivity contribution < 1.29 is 13.9 Å². The van der Waals surface area contributed by atoms with E-state index in [9.17, 15) is 9.18 Å². The molecule has 21 heavy (non-hydrogen) atoms. The number of nitrogens with zero attached hydrogens (tertiary/aromatic N) is 2. The van der Waals surface area contributed by atoms with Crippen molar-refractivity contribution in [2.24, 2.45) is 0 Å². The normalized spacial score (nSPS) is 10.4. The molecule has 1 heterocycles. The molecule has 0 aliphatic carbocycles. The van der Waals surface area contributed by atoms with E-state index in [1.165, 1.54) is 18.3 Å². The third-order valence-corrected chi connectivity index (χ3v) is 3.02. The average Bonchev–Trinajstić information content (AvgIpc) is 2.49. The maximum atomic E-state index is 12.9. The number of ether oxygens (including phenoxy) is 1. The zero-order valence-electron chi connectivity index (χ0n) is 12.1. The Balaban J connectivity index is 2.22. The van der Waals surface area contributed by atoms with Crippen LogP contribution in [0.5, 0.6) is 0 Å². The number of hydrogen-bond donors (Lipinski definition) is 0. The molecule has 4 nitrogen and oxygen atoms in total. The number of benzene rings is 1. The number of aromatic nitrogens is 2. The molecule has 0 aliphatic heterocycles. The average molecular weight is 288 g/mol. The fourth-order valence-electron chi connectivity index (χ4n) is 1.98. The first-order valence-corrected chi connectivity index (χ1v) is 6.90. The van der Waals surface area contributed by atoms with Gasteiger partial charge in [0.1, 0.15) is 11.6 Å². The summed E-state index contributed by atoms with van der Waals surface area (Å²) in [7, 11) is 0. The molecule has 0 atom stereocenters. The van der Waals surface area contributed by atoms with E-state index in [0.29, 0.717) is 36.5 Å². The molecule has 110 valence electrons. The molecule has 0 radical (unpaired) electrons. The van der Waals surface area contributed by atoms with Crippen LogP contribution in [0.25, 0.3) is 0 Å². The van der Waals surface area contributed by atoms with Crippen LogP contribution in [0.15, 0.2) is 30.5 Å². The van der Waals surface area contributed by atoms with E-state index in [4.69, 9.17) is 4.74 Å². The number of carbonyl (C=O) groups is 1. The first-order chi connectivity index (χ1) is 10.1. The van der Waals surface area contributed by atoms with Gasteiger partial charge in [-0.15, -0.1) is 0 Å². The van der Waals surface area contributed by atoms with Gasteiger partial charge in [-0.2, -0.15) is 0 Å². The molecule has 0 bridgehead atoms. The highest BCUT2D eigenvalue weighted by Crippen LogP contribution is 2.12. The maximum absolute atomic E-state index is 12.9. The smallest absolute Gasteiger partial charge is 0.341 e. The van der Waals surface area contributed by atoms with E-state index in [-0.39, 0.29) is 5.82 Å². The molecular weight excluding hydrogens is 271 g/mol. The number of esters is 1. The predicted octanol–water partition coefficient (Wildman–Crippen LogP) is 2.95. The van der Waals surface area contributed by atoms with Crippen LogP contribution in [0.4, 0.5) is 4.39 Å². The highest BCUT2D eigenvalue weighted by molar-refractivity contribution is 5.90. The molecular formula is C16H17FN2O2. The third kappa shape index (κ3) is 3.84. The lowest BCUT2D eigenvalue weighted by Crippen LogP contribution is -2.12. The number of aryl methyl sites for hydroxylation is 1. The molecule has 2 aromatic rings. The van der Waals surface area contributed by atoms with Gasteiger partial charge < -0.3 is 4.74 Å². The fraction of sp³-hybridized carbons (Fsp3) is 0.312. The topological polar surface area (TPSA) is 52.1 Å². The molecule has 5 heteroatoms. The summed E-state index contributed by atoms with van der Waals surface area (Å²) >= 11 is 0. The molecule has 0 aliphatic rings. The summed E-state index contributed by atoms with van der Waals surface area (Å²) in [6.45, 7) is 4.00. The second-order valence-electron chi connectivity index (χ2n) is 4.52. The highest BCUT2D eigenvalue weighted by atomic mass is 19.1. The van der Waals surface area contributed by atoms with Crippen molar-refractivity contribution in [3.05, 3.63) is 58.9 Å². The summed E-state index contributed by atoms with van der Waals surface area (Å²) < 4.78 is 17.9. The van der Waals surface area contributed by atoms with Crippen LogP contribution >= 0.6 is 0 Å². The summed E-state index contributed by atoms with van der Waals surface area (Å²) in [5.74, 6) is -0.0687. The molecule has 0 saturated heterocycles. The summed E-state index contributed by atoms with van der Waals surface area (Å²) in [6.07, 6.45) is 2.62. The predicted molar refractivity (Wildman–Crippen MR) is 76.6 cm³/mol. The minimum Gasteiger partial charge on any atom is -0.462 e. The van der Waals surface area contributed by atoms with Crippen LogP contribution in [-0.4, -0.2) is 22.5 Å². The molecule has 1 aromatic carbocycles. The quantitative estimate of drug-likeness (QED) is 0.794. The van der Waals surface area contributed by atoms with Crippen molar-refractivity contribution >= 4 is 5.97 Å². The van der Waals surface area contributed by atoms with E-state index in [1.807, 2.05) is 6.92 Å². The Hall–Kier alpha value is -2.30. The van der Waals surface area contributed by atoms with Crippen LogP contribution in [0, 0.1) is 5.82 Å². The van der Waals surface area contributed by atoms with E-state index < -0.39 is 5.97 Å². The van der Waals surface area contributed by atoms with Crippen molar-refractivity contribution in [3.63, 3.8) is 0 Å². The van der Waals surface area contributed by atoms with Gasteiger partial charge >= 0.3 is 5.97 Å². The fourth-order valence-corrected chi connectivity index (χ4v) is 1.98. The van der Waals surface area contributed by atoms with Crippen LogP contribution in [0.1, 0.15) is 41.3 Å². The van der Waals surface area contributed by atoms with Crippen molar-refractivity contribution in [2.75, 3.05) is 6.61 Å². The second kappa shape index (κ2) is 6.92. The summed E-state index contributed by atoms with van der Waals surface area (Å²) in [6, 6.07) is 6.21. The lowest BCUT2D eigenvalue weighted by Gasteiger charge is -2.08. The number of rotatable bonds is 5. The summed E-state index contributed by atoms with van der Waals surface area (Å²) in [4.78, 5) is 20.4. The van der Waals surface area contributed by atoms with Crippen molar-refractivity contribution in [1.29, 1.82) is 0 Å². The van der Waals surface area contributed by atoms with Gasteiger partial charge in [0.05, 0.1) is 17.9 Å². The molecule has 0 fully saturated rings. The number of carbonyl (C=O) groups excluding carboxylic acids is 1. The van der Waals surface area contributed by atoms with Gasteiger partial charge in [-0.3, -0.25) is 0 Å². The van der Waals surface area contributed by atoms with E-state index >= 15 is 0 Å². The van der Waals surface area contributed by atoms with Crippen LogP contribution in [0.2, 0.25) is 0 Å². The van der Waals surface area contributed by atoms with E-state index in [2.05, 4.69) is 9.97 Å². The van der Waals surface area contributed by atoms with Gasteiger partial charge in [0.15, 0.2) is 0 Å². The zero-order chi connectivity index (χ0) is 15.2. The molecule has 0 unspecified atom stereocenters. The Labute approximate surface area is 123 Å². The molecule has 0 N–H and O–H groups in total. The Bertz CT molecular complexity index is 627. The van der Waals surface area contributed by atoms with Crippen molar-refractivity contribution in [2.45, 2.75) is 26.7 Å². The van der Waals surface area contributed by atoms with E-state index in [0.717, 1.165) is 5.56 Å². The van der Waals surface area contributed by atoms with Gasteiger partial charge in [0, 0.05) is 12.6 Å². The molecule has 2 rings (SSSR count). The Morgan fingerprint density at radius 2 is 1.95 bits per heavy atom. The Morgan fingerprint density at radius 1 is 1.24 bits per heavy atom. The lowest BCUT2D eigenvalue weighted by molar-refractivity contribution is 0.0524. The lowest BCUT2D eigenvalue weighted by atomic mass is 10.1. The largest absolute Gasteiger partial charge is 0.462 e. The minimum atomic E-state index is -0.400. The maximum Gasteiger partial charge on any atom is 0.341 e. The van der Waals surface area contributed by atoms with Gasteiger partial charge in [0.2, 0.25) is 0 Å². The van der Waals surface area contributed by atoms with Crippen molar-refractivity contribution in [1.82, 2.24) is 9.97 Å². The standard InChI is InChI=1S/C16H17FN2O2/c1-3-14-13(16(20)21-4-2)10-18-15(19-14)9-11-5-7-12(17)8-6-11/h5-8,10H,3-4,9H2,1-2H3. The van der Waals surface area contributed by atoms with Gasteiger partial charge in [-0.05, 0) is 31.0 Å². The minimum absolute atomic E-state index is 0.272. The number of hydrogen-bond acceptors (Lipinski definition) is 4. The zero-order valence-corrected chi connectivity index (χ0v) is 12.1. The van der Waals surface area contributed by atoms with Crippen molar-refractivity contribution in [3.8, 4) is 0 Å². The number of halogens is 1. The Morgan fingerprint density at radius 3 is 2.57 bits per heavy atom. The van der Waals surface area contributed by atoms with Crippen LogP contribution in [0.3, 0.4) is 0 Å². The molecule has 1 aromatic heterocycles. The molecule has 0 spiro atoms. The monoisotopic (exact) mass is 288 g/mol. The second-order valence-corrected chi connectivity index (χ2v) is 4.52. The molecule has 0 amide bonds. The van der Waals surface area contributed by atoms with Crippen LogP contribution < -0.4 is 0 Å². The van der Waals surface area contributed by atoms with E-state index in [1.54, 1.807) is 19.1 Å². The van der Waals surface area contributed by atoms with Crippen LogP contribution in [-0.2, 0) is 17.6 Å². The SMILES string of the molecule is CCOC(=O)c1cnc(Cc2ccc(F)cc2)nc1CC. The highest BCUT2D eigenvalue weighted by Gasteiger charge is 2.14. The summed E-state index contributed by atoms with van der Waals surface area (Å²) in [5.41, 5.74) is 1.99. The Kier molecular flexibility index (Phi) is 4.98. The first-order valence-electron chi connectivity index (χ1n) is 6.90. The third-order valence-electron chi connectivity index (χ3n) is 3.02. The van der Waals surface area contributed by atoms with Gasteiger partial charge in [0.25, 0.3) is 0 Å².